The van der Waals surface area contributed by atoms with E-state index in [1.807, 2.05) is 6.92 Å². The van der Waals surface area contributed by atoms with Crippen LogP contribution >= 0.6 is 0 Å². The van der Waals surface area contributed by atoms with Gasteiger partial charge in [0.25, 0.3) is 11.8 Å². The average molecular weight is 307 g/mol. The van der Waals surface area contributed by atoms with Gasteiger partial charge in [-0.15, -0.1) is 0 Å². The molecule has 6 nitrogen and oxygen atoms in total. The Morgan fingerprint density at radius 3 is 2.64 bits per heavy atom. The third kappa shape index (κ3) is 4.66. The molecule has 0 radical (unpaired) electrons. The lowest BCUT2D eigenvalue weighted by atomic mass is 10.1. The van der Waals surface area contributed by atoms with Crippen molar-refractivity contribution in [2.24, 2.45) is 0 Å². The van der Waals surface area contributed by atoms with Gasteiger partial charge in [-0.2, -0.15) is 0 Å². The number of nitrogens with zero attached hydrogens (tertiary/aromatic N) is 1. The lowest BCUT2D eigenvalue weighted by molar-refractivity contribution is -0.149. The summed E-state index contributed by atoms with van der Waals surface area (Å²) in [6.07, 6.45) is 4.63. The number of ether oxygens (including phenoxy) is 2. The van der Waals surface area contributed by atoms with Crippen molar-refractivity contribution in [1.29, 1.82) is 0 Å². The van der Waals surface area contributed by atoms with Crippen molar-refractivity contribution in [3.05, 3.63) is 36.5 Å². The summed E-state index contributed by atoms with van der Waals surface area (Å²) in [7, 11) is 0. The maximum atomic E-state index is 12.0. The van der Waals surface area contributed by atoms with E-state index in [0.717, 1.165) is 17.7 Å². The normalized spacial score (nSPS) is 16.5. The monoisotopic (exact) mass is 307 g/mol. The molecule has 0 aliphatic carbocycles. The third-order valence-corrected chi connectivity index (χ3v) is 3.03. The lowest BCUT2D eigenvalue weighted by Gasteiger charge is -2.12. The quantitative estimate of drug-likeness (QED) is 0.278. The molecule has 0 atom stereocenters. The van der Waals surface area contributed by atoms with Gasteiger partial charge < -0.3 is 9.47 Å². The van der Waals surface area contributed by atoms with Crippen LogP contribution in [-0.4, -0.2) is 49.0 Å². The highest BCUT2D eigenvalue weighted by atomic mass is 16.6. The molecule has 0 N–H and O–H groups in total. The number of esters is 1. The zero-order valence-corrected chi connectivity index (χ0v) is 12.8. The molecule has 1 aliphatic rings. The maximum Gasteiger partial charge on any atom is 0.332 e. The number of imide groups is 1. The Balaban J connectivity index is 2.36. The van der Waals surface area contributed by atoms with Crippen molar-refractivity contribution in [3.8, 4) is 0 Å². The molecule has 1 fully saturated rings. The van der Waals surface area contributed by atoms with E-state index in [9.17, 15) is 14.4 Å². The minimum absolute atomic E-state index is 0.0629. The Kier molecular flexibility index (Phi) is 7.25. The molecular formula is C16H21NO5. The highest BCUT2D eigenvalue weighted by molar-refractivity contribution is 6.24. The first-order valence-electron chi connectivity index (χ1n) is 7.14. The van der Waals surface area contributed by atoms with E-state index in [4.69, 9.17) is 9.47 Å². The van der Waals surface area contributed by atoms with Crippen LogP contribution in [0, 0.1) is 0 Å². The molecule has 120 valence electrons. The predicted octanol–water partition coefficient (Wildman–Crippen LogP) is 1.38. The first-order valence-corrected chi connectivity index (χ1v) is 7.14. The van der Waals surface area contributed by atoms with Crippen molar-refractivity contribution >= 4 is 17.8 Å². The fourth-order valence-electron chi connectivity index (χ4n) is 1.82. The molecule has 1 saturated heterocycles. The molecule has 22 heavy (non-hydrogen) atoms. The summed E-state index contributed by atoms with van der Waals surface area (Å²) in [6, 6.07) is 0. The number of rotatable bonds is 9. The fraction of sp³-hybridized carbons (Fsp3) is 0.438. The molecule has 0 spiro atoms. The van der Waals surface area contributed by atoms with Gasteiger partial charge in [-0.1, -0.05) is 32.6 Å². The molecule has 1 aliphatic heterocycles. The summed E-state index contributed by atoms with van der Waals surface area (Å²) in [5.74, 6) is -1.33. The molecule has 0 bridgehead atoms. The molecule has 0 aromatic carbocycles. The van der Waals surface area contributed by atoms with E-state index in [-0.39, 0.29) is 30.9 Å². The molecule has 1 heterocycles. The molecule has 0 aromatic heterocycles. The largest absolute Gasteiger partial charge is 0.464 e. The minimum atomic E-state index is -0.454. The van der Waals surface area contributed by atoms with Crippen LogP contribution in [0.5, 0.6) is 0 Å². The van der Waals surface area contributed by atoms with Gasteiger partial charge in [-0.25, -0.2) is 4.79 Å². The van der Waals surface area contributed by atoms with E-state index in [1.54, 1.807) is 0 Å². The summed E-state index contributed by atoms with van der Waals surface area (Å²) in [5.41, 5.74) is 0.378. The lowest BCUT2D eigenvalue weighted by Crippen LogP contribution is -2.33. The Labute approximate surface area is 130 Å². The van der Waals surface area contributed by atoms with Crippen LogP contribution in [0.4, 0.5) is 0 Å². The second-order valence-electron chi connectivity index (χ2n) is 4.68. The van der Waals surface area contributed by atoms with E-state index >= 15 is 0 Å². The van der Waals surface area contributed by atoms with Crippen molar-refractivity contribution in [3.63, 3.8) is 0 Å². The van der Waals surface area contributed by atoms with Crippen LogP contribution in [0.25, 0.3) is 0 Å². The maximum absolute atomic E-state index is 12.0. The molecule has 0 unspecified atom stereocenters. The molecule has 6 heteroatoms. The Bertz CT molecular complexity index is 507. The van der Waals surface area contributed by atoms with Crippen LogP contribution in [0.15, 0.2) is 36.5 Å². The van der Waals surface area contributed by atoms with Gasteiger partial charge in [0.05, 0.1) is 25.3 Å². The Morgan fingerprint density at radius 2 is 2.00 bits per heavy atom. The zero-order chi connectivity index (χ0) is 16.5. The van der Waals surface area contributed by atoms with Gasteiger partial charge in [-0.05, 0) is 12.5 Å². The van der Waals surface area contributed by atoms with Crippen molar-refractivity contribution in [1.82, 2.24) is 4.90 Å². The van der Waals surface area contributed by atoms with Gasteiger partial charge in [0.15, 0.2) is 0 Å². The summed E-state index contributed by atoms with van der Waals surface area (Å²) in [6.45, 7) is 9.38. The van der Waals surface area contributed by atoms with E-state index in [0.29, 0.717) is 6.61 Å². The van der Waals surface area contributed by atoms with Crippen LogP contribution in [-0.2, 0) is 23.9 Å². The molecule has 2 amide bonds. The number of unbranched alkanes of at least 4 members (excludes halogenated alkanes) is 1. The van der Waals surface area contributed by atoms with Gasteiger partial charge in [0.2, 0.25) is 0 Å². The number of hydrogen-bond donors (Lipinski definition) is 0. The number of likely N-dealkylation sites (tertiary alicyclic amines) is 1. The molecule has 0 saturated carbocycles. The van der Waals surface area contributed by atoms with Gasteiger partial charge in [-0.3, -0.25) is 14.5 Å². The van der Waals surface area contributed by atoms with Crippen LogP contribution in [0.1, 0.15) is 19.8 Å². The minimum Gasteiger partial charge on any atom is -0.464 e. The highest BCUT2D eigenvalue weighted by Crippen LogP contribution is 2.23. The van der Waals surface area contributed by atoms with E-state index < -0.39 is 17.8 Å². The summed E-state index contributed by atoms with van der Waals surface area (Å²) in [5, 5.41) is 0. The summed E-state index contributed by atoms with van der Waals surface area (Å²) in [4.78, 5) is 36.2. The predicted molar refractivity (Wildman–Crippen MR) is 80.8 cm³/mol. The second kappa shape index (κ2) is 8.94. The van der Waals surface area contributed by atoms with E-state index in [2.05, 4.69) is 13.2 Å². The molecular weight excluding hydrogens is 286 g/mol. The van der Waals surface area contributed by atoms with Gasteiger partial charge in [0, 0.05) is 5.57 Å². The topological polar surface area (TPSA) is 72.9 Å². The number of carbonyl (C=O) groups is 3. The standard InChI is InChI=1S/C16H21NO5/c1-4-6-9-22-14(18)11-21-10-8-17-15(19)12(3)13(7-5-2)16(17)20/h5,7H,2-4,6,8-11H2,1H3/b13-7+. The molecule has 1 rings (SSSR count). The number of carbonyl (C=O) groups excluding carboxylic acids is 3. The highest BCUT2D eigenvalue weighted by Gasteiger charge is 2.36. The fourth-order valence-corrected chi connectivity index (χ4v) is 1.82. The van der Waals surface area contributed by atoms with Crippen LogP contribution < -0.4 is 0 Å². The third-order valence-electron chi connectivity index (χ3n) is 3.03. The van der Waals surface area contributed by atoms with E-state index in [1.165, 1.54) is 12.2 Å². The summed E-state index contributed by atoms with van der Waals surface area (Å²) < 4.78 is 10.0. The van der Waals surface area contributed by atoms with Crippen molar-refractivity contribution in [2.45, 2.75) is 19.8 Å². The van der Waals surface area contributed by atoms with Gasteiger partial charge in [0.1, 0.15) is 6.61 Å². The number of allylic oxidation sites excluding steroid dienone is 2. The average Bonchev–Trinajstić information content (AvgIpc) is 2.69. The SMILES string of the molecule is C=C/C=C1\C(=C)C(=O)N(CCOCC(=O)OCCCC)C1=O. The number of amides is 2. The first-order chi connectivity index (χ1) is 10.5. The smallest absolute Gasteiger partial charge is 0.332 e. The van der Waals surface area contributed by atoms with Crippen molar-refractivity contribution < 1.29 is 23.9 Å². The first kappa shape index (κ1) is 17.8. The van der Waals surface area contributed by atoms with Crippen LogP contribution in [0.3, 0.4) is 0 Å². The molecule has 0 aromatic rings. The Morgan fingerprint density at radius 1 is 1.27 bits per heavy atom. The summed E-state index contributed by atoms with van der Waals surface area (Å²) >= 11 is 0. The van der Waals surface area contributed by atoms with Gasteiger partial charge >= 0.3 is 5.97 Å². The Hall–Kier alpha value is -2.21. The zero-order valence-electron chi connectivity index (χ0n) is 12.8. The van der Waals surface area contributed by atoms with Crippen LogP contribution in [0.2, 0.25) is 0 Å². The number of hydrogen-bond acceptors (Lipinski definition) is 5. The second-order valence-corrected chi connectivity index (χ2v) is 4.68. The van der Waals surface area contributed by atoms with Crippen molar-refractivity contribution in [2.75, 3.05) is 26.4 Å².